The number of amides is 1. The normalized spacial score (nSPS) is 17.7. The molecule has 0 saturated carbocycles. The Morgan fingerprint density at radius 2 is 2.00 bits per heavy atom. The molecule has 0 radical (unpaired) electrons. The first kappa shape index (κ1) is 19.9. The van der Waals surface area contributed by atoms with Crippen molar-refractivity contribution in [2.75, 3.05) is 0 Å². The number of nitrogens with one attached hydrogen (secondary N) is 1. The molecule has 1 N–H and O–H groups in total. The van der Waals surface area contributed by atoms with Gasteiger partial charge in [-0.05, 0) is 67.9 Å². The summed E-state index contributed by atoms with van der Waals surface area (Å²) >= 11 is 13.9. The lowest BCUT2D eigenvalue weighted by Gasteiger charge is -2.20. The van der Waals surface area contributed by atoms with Gasteiger partial charge in [0.2, 0.25) is 5.17 Å². The van der Waals surface area contributed by atoms with Crippen molar-refractivity contribution < 1.29 is 4.79 Å². The van der Waals surface area contributed by atoms with Crippen LogP contribution >= 0.6 is 35.0 Å². The standard InChI is InChI=1S/C20H17Cl2N5OS/c1-4-17-25-27-18(23)14(19(28)24-20(27)29-17)8-12-7-10(2)26(11(12)3)16-9-13(21)5-6-15(16)22/h5-9,23H,4H2,1-3H3/b14-8+,23-18?. The second kappa shape index (κ2) is 7.48. The van der Waals surface area contributed by atoms with Crippen LogP contribution in [0.25, 0.3) is 11.8 Å². The van der Waals surface area contributed by atoms with Crippen LogP contribution in [0.15, 0.2) is 39.9 Å². The number of benzene rings is 1. The number of rotatable bonds is 3. The Hall–Kier alpha value is -2.35. The van der Waals surface area contributed by atoms with E-state index < -0.39 is 5.91 Å². The molecule has 4 rings (SSSR count). The average molecular weight is 446 g/mol. The zero-order chi connectivity index (χ0) is 20.9. The predicted octanol–water partition coefficient (Wildman–Crippen LogP) is 5.43. The zero-order valence-corrected chi connectivity index (χ0v) is 18.3. The third-order valence-electron chi connectivity index (χ3n) is 4.72. The fourth-order valence-electron chi connectivity index (χ4n) is 3.29. The Bertz CT molecular complexity index is 1160. The van der Waals surface area contributed by atoms with E-state index in [1.165, 1.54) is 16.8 Å². The third kappa shape index (κ3) is 3.43. The molecule has 1 amide bonds. The number of halogens is 2. The van der Waals surface area contributed by atoms with Gasteiger partial charge < -0.3 is 4.57 Å². The molecule has 29 heavy (non-hydrogen) atoms. The second-order valence-electron chi connectivity index (χ2n) is 6.62. The molecule has 2 aliphatic heterocycles. The van der Waals surface area contributed by atoms with E-state index in [0.29, 0.717) is 15.2 Å². The maximum Gasteiger partial charge on any atom is 0.283 e. The summed E-state index contributed by atoms with van der Waals surface area (Å²) in [6.45, 7) is 5.86. The lowest BCUT2D eigenvalue weighted by Crippen LogP contribution is -2.35. The van der Waals surface area contributed by atoms with Crippen LogP contribution in [-0.2, 0) is 4.79 Å². The number of carbonyl (C=O) groups excluding carboxylic acids is 1. The maximum atomic E-state index is 12.6. The Balaban J connectivity index is 1.78. The molecule has 0 unspecified atom stereocenters. The van der Waals surface area contributed by atoms with Gasteiger partial charge in [-0.25, -0.2) is 0 Å². The quantitative estimate of drug-likeness (QED) is 0.639. The highest BCUT2D eigenvalue weighted by Crippen LogP contribution is 2.32. The van der Waals surface area contributed by atoms with Gasteiger partial charge in [-0.3, -0.25) is 10.2 Å². The first-order valence-corrected chi connectivity index (χ1v) is 10.5. The number of aliphatic imine (C=N–C) groups is 1. The highest BCUT2D eigenvalue weighted by Gasteiger charge is 2.35. The molecule has 1 aromatic heterocycles. The molecule has 0 spiro atoms. The van der Waals surface area contributed by atoms with E-state index in [-0.39, 0.29) is 11.4 Å². The Morgan fingerprint density at radius 3 is 2.72 bits per heavy atom. The van der Waals surface area contributed by atoms with E-state index in [0.717, 1.165) is 34.1 Å². The number of amidine groups is 2. The highest BCUT2D eigenvalue weighted by atomic mass is 35.5. The molecule has 0 saturated heterocycles. The van der Waals surface area contributed by atoms with Crippen molar-refractivity contribution in [1.29, 1.82) is 5.41 Å². The number of fused-ring (bicyclic) bond motifs is 1. The van der Waals surface area contributed by atoms with Gasteiger partial charge in [0.05, 0.1) is 16.3 Å². The molecule has 6 nitrogen and oxygen atoms in total. The fraction of sp³-hybridized carbons (Fsp3) is 0.200. The molecule has 148 valence electrons. The van der Waals surface area contributed by atoms with E-state index in [2.05, 4.69) is 10.1 Å². The molecule has 2 aromatic rings. The van der Waals surface area contributed by atoms with E-state index in [9.17, 15) is 4.79 Å². The summed E-state index contributed by atoms with van der Waals surface area (Å²) in [6, 6.07) is 7.23. The van der Waals surface area contributed by atoms with Crippen LogP contribution in [0.2, 0.25) is 10.0 Å². The molecule has 0 atom stereocenters. The molecule has 0 fully saturated rings. The summed E-state index contributed by atoms with van der Waals surface area (Å²) in [5.74, 6) is -0.409. The number of hydrazone groups is 1. The minimum absolute atomic E-state index is 0.0292. The Morgan fingerprint density at radius 1 is 1.24 bits per heavy atom. The molecule has 0 aliphatic carbocycles. The van der Waals surface area contributed by atoms with Crippen LogP contribution in [0.5, 0.6) is 0 Å². The second-order valence-corrected chi connectivity index (χ2v) is 8.51. The number of aryl methyl sites for hydroxylation is 1. The van der Waals surface area contributed by atoms with Crippen molar-refractivity contribution in [2.45, 2.75) is 27.2 Å². The number of thioether (sulfide) groups is 1. The average Bonchev–Trinajstić information content (AvgIpc) is 3.21. The Kier molecular flexibility index (Phi) is 5.14. The third-order valence-corrected chi connectivity index (χ3v) is 6.33. The minimum Gasteiger partial charge on any atom is -0.316 e. The zero-order valence-electron chi connectivity index (χ0n) is 16.0. The largest absolute Gasteiger partial charge is 0.316 e. The number of aromatic nitrogens is 1. The van der Waals surface area contributed by atoms with Crippen LogP contribution in [0.4, 0.5) is 0 Å². The van der Waals surface area contributed by atoms with E-state index in [1.54, 1.807) is 24.3 Å². The molecule has 2 aliphatic rings. The lowest BCUT2D eigenvalue weighted by molar-refractivity contribution is -0.114. The monoisotopic (exact) mass is 445 g/mol. The lowest BCUT2D eigenvalue weighted by atomic mass is 10.1. The highest BCUT2D eigenvalue weighted by molar-refractivity contribution is 8.26. The summed E-state index contributed by atoms with van der Waals surface area (Å²) in [5.41, 5.74) is 3.57. The number of hydrogen-bond acceptors (Lipinski definition) is 4. The predicted molar refractivity (Wildman–Crippen MR) is 121 cm³/mol. The summed E-state index contributed by atoms with van der Waals surface area (Å²) in [6.07, 6.45) is 2.41. The summed E-state index contributed by atoms with van der Waals surface area (Å²) in [7, 11) is 0. The van der Waals surface area contributed by atoms with Crippen molar-refractivity contribution in [1.82, 2.24) is 9.58 Å². The van der Waals surface area contributed by atoms with Crippen molar-refractivity contribution >= 4 is 63.0 Å². The van der Waals surface area contributed by atoms with Gasteiger partial charge in [-0.15, -0.1) is 0 Å². The summed E-state index contributed by atoms with van der Waals surface area (Å²) < 4.78 is 1.98. The van der Waals surface area contributed by atoms with E-state index in [4.69, 9.17) is 28.6 Å². The van der Waals surface area contributed by atoms with Gasteiger partial charge in [0.25, 0.3) is 5.91 Å². The van der Waals surface area contributed by atoms with Crippen molar-refractivity contribution in [2.24, 2.45) is 10.1 Å². The molecule has 0 bridgehead atoms. The van der Waals surface area contributed by atoms with Crippen LogP contribution in [0.1, 0.15) is 30.3 Å². The van der Waals surface area contributed by atoms with Crippen LogP contribution in [-0.4, -0.2) is 31.5 Å². The first-order valence-electron chi connectivity index (χ1n) is 8.93. The molecule has 1 aromatic carbocycles. The number of nitrogens with zero attached hydrogens (tertiary/aromatic N) is 4. The van der Waals surface area contributed by atoms with Gasteiger partial charge in [-0.2, -0.15) is 15.1 Å². The molecular weight excluding hydrogens is 429 g/mol. The van der Waals surface area contributed by atoms with Crippen molar-refractivity contribution in [3.63, 3.8) is 0 Å². The summed E-state index contributed by atoms with van der Waals surface area (Å²) in [4.78, 5) is 16.7. The number of hydrogen-bond donors (Lipinski definition) is 1. The minimum atomic E-state index is -0.438. The fourth-order valence-corrected chi connectivity index (χ4v) is 4.48. The van der Waals surface area contributed by atoms with Crippen LogP contribution in [0.3, 0.4) is 0 Å². The van der Waals surface area contributed by atoms with Gasteiger partial charge in [0.1, 0.15) is 5.04 Å². The van der Waals surface area contributed by atoms with E-state index >= 15 is 0 Å². The smallest absolute Gasteiger partial charge is 0.283 e. The first-order chi connectivity index (χ1) is 13.8. The van der Waals surface area contributed by atoms with Gasteiger partial charge >= 0.3 is 0 Å². The summed E-state index contributed by atoms with van der Waals surface area (Å²) in [5, 5.41) is 16.7. The number of carbonyl (C=O) groups is 1. The van der Waals surface area contributed by atoms with Crippen LogP contribution < -0.4 is 0 Å². The molecule has 9 heteroatoms. The SMILES string of the molecule is CCC1=NN2C(=N)/C(=C\c3cc(C)n(-c4cc(Cl)ccc4Cl)c3C)C(=O)N=C2S1. The van der Waals surface area contributed by atoms with Crippen molar-refractivity contribution in [3.05, 3.63) is 56.8 Å². The van der Waals surface area contributed by atoms with Crippen LogP contribution in [0, 0.1) is 19.3 Å². The topological polar surface area (TPSA) is 73.8 Å². The molecule has 3 heterocycles. The van der Waals surface area contributed by atoms with Crippen molar-refractivity contribution in [3.8, 4) is 5.69 Å². The van der Waals surface area contributed by atoms with Gasteiger partial charge in [0.15, 0.2) is 5.84 Å². The van der Waals surface area contributed by atoms with E-state index in [1.807, 2.05) is 31.4 Å². The molecular formula is C20H17Cl2N5OS. The Labute approximate surface area is 182 Å². The maximum absolute atomic E-state index is 12.6. The van der Waals surface area contributed by atoms with Gasteiger partial charge in [0, 0.05) is 16.4 Å². The van der Waals surface area contributed by atoms with Gasteiger partial charge in [-0.1, -0.05) is 30.1 Å².